The average Bonchev–Trinajstić information content (AvgIpc) is 2.64. The molecular formula is C9H13F4N3. The third-order valence-corrected chi connectivity index (χ3v) is 2.09. The van der Waals surface area contributed by atoms with Gasteiger partial charge in [0, 0.05) is 19.3 Å². The first-order valence-electron chi connectivity index (χ1n) is 4.84. The maximum absolute atomic E-state index is 12.5. The molecule has 0 unspecified atom stereocenters. The van der Waals surface area contributed by atoms with E-state index in [-0.39, 0.29) is 6.54 Å². The van der Waals surface area contributed by atoms with Crippen molar-refractivity contribution in [2.45, 2.75) is 32.4 Å². The number of alkyl halides is 4. The summed E-state index contributed by atoms with van der Waals surface area (Å²) in [5.74, 6) is -3.99. The van der Waals surface area contributed by atoms with Crippen LogP contribution < -0.4 is 5.32 Å². The Balaban J connectivity index is 2.41. The second kappa shape index (κ2) is 5.29. The van der Waals surface area contributed by atoms with Crippen LogP contribution in [-0.2, 0) is 13.1 Å². The highest BCUT2D eigenvalue weighted by molar-refractivity contribution is 5.00. The van der Waals surface area contributed by atoms with Gasteiger partial charge in [-0.05, 0) is 13.0 Å². The van der Waals surface area contributed by atoms with Gasteiger partial charge in [0.2, 0.25) is 0 Å². The number of nitrogens with one attached hydrogen (secondary N) is 1. The van der Waals surface area contributed by atoms with Crippen LogP contribution in [0.1, 0.15) is 12.6 Å². The lowest BCUT2D eigenvalue weighted by atomic mass is 10.3. The van der Waals surface area contributed by atoms with Crippen molar-refractivity contribution in [2.75, 3.05) is 6.54 Å². The normalized spacial score (nSPS) is 12.4. The predicted molar refractivity (Wildman–Crippen MR) is 50.6 cm³/mol. The fraction of sp³-hybridized carbons (Fsp3) is 0.667. The van der Waals surface area contributed by atoms with Crippen LogP contribution in [0.5, 0.6) is 0 Å². The first kappa shape index (κ1) is 13.0. The third kappa shape index (κ3) is 3.19. The van der Waals surface area contributed by atoms with Gasteiger partial charge >= 0.3 is 12.3 Å². The number of hydrogen-bond acceptors (Lipinski definition) is 2. The third-order valence-electron chi connectivity index (χ3n) is 2.09. The van der Waals surface area contributed by atoms with Crippen LogP contribution in [0.4, 0.5) is 17.6 Å². The van der Waals surface area contributed by atoms with E-state index in [4.69, 9.17) is 0 Å². The Morgan fingerprint density at radius 3 is 2.75 bits per heavy atom. The number of aromatic nitrogens is 2. The molecule has 1 rings (SSSR count). The van der Waals surface area contributed by atoms with Crippen molar-refractivity contribution in [1.29, 1.82) is 0 Å². The molecule has 0 aliphatic heterocycles. The van der Waals surface area contributed by atoms with E-state index in [1.165, 1.54) is 6.20 Å². The lowest BCUT2D eigenvalue weighted by Crippen LogP contribution is -2.38. The molecule has 1 N–H and O–H groups in total. The van der Waals surface area contributed by atoms with E-state index in [1.807, 2.05) is 6.92 Å². The van der Waals surface area contributed by atoms with E-state index >= 15 is 0 Å². The van der Waals surface area contributed by atoms with Crippen molar-refractivity contribution in [3.05, 3.63) is 18.0 Å². The number of hydrogen-bond donors (Lipinski definition) is 1. The zero-order valence-corrected chi connectivity index (χ0v) is 8.76. The zero-order valence-electron chi connectivity index (χ0n) is 8.76. The predicted octanol–water partition coefficient (Wildman–Crippen LogP) is 1.89. The van der Waals surface area contributed by atoms with Gasteiger partial charge in [-0.3, -0.25) is 4.68 Å². The van der Waals surface area contributed by atoms with Crippen LogP contribution >= 0.6 is 0 Å². The molecule has 0 aliphatic rings. The molecular weight excluding hydrogens is 226 g/mol. The monoisotopic (exact) mass is 239 g/mol. The minimum Gasteiger partial charge on any atom is -0.305 e. The van der Waals surface area contributed by atoms with E-state index < -0.39 is 18.9 Å². The fourth-order valence-electron chi connectivity index (χ4n) is 1.23. The first-order valence-corrected chi connectivity index (χ1v) is 4.84. The van der Waals surface area contributed by atoms with Gasteiger partial charge in [-0.15, -0.1) is 0 Å². The van der Waals surface area contributed by atoms with Gasteiger partial charge in [0.25, 0.3) is 0 Å². The van der Waals surface area contributed by atoms with Gasteiger partial charge in [0.15, 0.2) is 0 Å². The quantitative estimate of drug-likeness (QED) is 0.768. The number of rotatable bonds is 6. The zero-order chi connectivity index (χ0) is 12.2. The molecule has 0 atom stereocenters. The molecule has 0 fully saturated rings. The average molecular weight is 239 g/mol. The van der Waals surface area contributed by atoms with Gasteiger partial charge < -0.3 is 5.32 Å². The summed E-state index contributed by atoms with van der Waals surface area (Å²) in [5, 5.41) is 6.22. The summed E-state index contributed by atoms with van der Waals surface area (Å²) in [4.78, 5) is 0. The van der Waals surface area contributed by atoms with E-state index in [0.717, 1.165) is 0 Å². The van der Waals surface area contributed by atoms with Crippen molar-refractivity contribution in [1.82, 2.24) is 15.1 Å². The van der Waals surface area contributed by atoms with Crippen molar-refractivity contribution in [2.24, 2.45) is 0 Å². The van der Waals surface area contributed by atoms with E-state index in [2.05, 4.69) is 10.4 Å². The van der Waals surface area contributed by atoms with Crippen molar-refractivity contribution >= 4 is 0 Å². The molecule has 0 amide bonds. The maximum Gasteiger partial charge on any atom is 0.319 e. The van der Waals surface area contributed by atoms with Gasteiger partial charge in [0.1, 0.15) is 0 Å². The molecule has 0 saturated carbocycles. The van der Waals surface area contributed by atoms with Crippen LogP contribution in [0.2, 0.25) is 0 Å². The number of aryl methyl sites for hydroxylation is 1. The van der Waals surface area contributed by atoms with E-state index in [1.54, 1.807) is 10.7 Å². The van der Waals surface area contributed by atoms with Gasteiger partial charge in [-0.1, -0.05) is 0 Å². The maximum atomic E-state index is 12.5. The molecule has 0 bridgehead atoms. The highest BCUT2D eigenvalue weighted by Crippen LogP contribution is 2.21. The number of halogens is 4. The molecule has 1 aromatic heterocycles. The highest BCUT2D eigenvalue weighted by atomic mass is 19.3. The summed E-state index contributed by atoms with van der Waals surface area (Å²) < 4.78 is 50.3. The minimum absolute atomic E-state index is 0.0934. The highest BCUT2D eigenvalue weighted by Gasteiger charge is 2.39. The second-order valence-corrected chi connectivity index (χ2v) is 3.30. The summed E-state index contributed by atoms with van der Waals surface area (Å²) >= 11 is 0. The first-order chi connectivity index (χ1) is 7.47. The molecule has 1 heterocycles. The summed E-state index contributed by atoms with van der Waals surface area (Å²) in [6.45, 7) is 1.51. The van der Waals surface area contributed by atoms with Crippen LogP contribution in [-0.4, -0.2) is 28.7 Å². The summed E-state index contributed by atoms with van der Waals surface area (Å²) in [6.07, 6.45) is -2.11. The lowest BCUT2D eigenvalue weighted by Gasteiger charge is -2.15. The Labute approximate surface area is 90.4 Å². The summed E-state index contributed by atoms with van der Waals surface area (Å²) in [7, 11) is 0. The van der Waals surface area contributed by atoms with Crippen LogP contribution in [0.15, 0.2) is 12.3 Å². The minimum atomic E-state index is -3.99. The molecule has 7 heteroatoms. The topological polar surface area (TPSA) is 29.9 Å². The molecule has 0 radical (unpaired) electrons. The molecule has 0 saturated heterocycles. The lowest BCUT2D eigenvalue weighted by molar-refractivity contribution is -0.125. The van der Waals surface area contributed by atoms with Crippen molar-refractivity contribution in [3.63, 3.8) is 0 Å². The van der Waals surface area contributed by atoms with E-state index in [0.29, 0.717) is 12.2 Å². The fourth-order valence-corrected chi connectivity index (χ4v) is 1.23. The molecule has 92 valence electrons. The van der Waals surface area contributed by atoms with Crippen LogP contribution in [0, 0.1) is 0 Å². The van der Waals surface area contributed by atoms with Crippen LogP contribution in [0.25, 0.3) is 0 Å². The molecule has 0 aliphatic carbocycles. The van der Waals surface area contributed by atoms with Gasteiger partial charge in [-0.2, -0.15) is 13.9 Å². The van der Waals surface area contributed by atoms with E-state index in [9.17, 15) is 17.6 Å². The molecule has 1 aromatic rings. The molecule has 0 spiro atoms. The Morgan fingerprint density at radius 1 is 1.50 bits per heavy atom. The summed E-state index contributed by atoms with van der Waals surface area (Å²) in [6, 6.07) is 1.65. The Kier molecular flexibility index (Phi) is 4.28. The largest absolute Gasteiger partial charge is 0.319 e. The smallest absolute Gasteiger partial charge is 0.305 e. The Bertz CT molecular complexity index is 324. The molecule has 0 aromatic carbocycles. The Hall–Kier alpha value is -1.11. The Morgan fingerprint density at radius 2 is 2.19 bits per heavy atom. The van der Waals surface area contributed by atoms with Crippen LogP contribution in [0.3, 0.4) is 0 Å². The van der Waals surface area contributed by atoms with Gasteiger partial charge in [0.05, 0.1) is 12.2 Å². The molecule has 3 nitrogen and oxygen atoms in total. The van der Waals surface area contributed by atoms with Crippen molar-refractivity contribution in [3.8, 4) is 0 Å². The van der Waals surface area contributed by atoms with Crippen molar-refractivity contribution < 1.29 is 17.6 Å². The summed E-state index contributed by atoms with van der Waals surface area (Å²) in [5.41, 5.74) is 0.688. The second-order valence-electron chi connectivity index (χ2n) is 3.30. The van der Waals surface area contributed by atoms with Gasteiger partial charge in [-0.25, -0.2) is 8.78 Å². The molecule has 16 heavy (non-hydrogen) atoms. The number of nitrogens with zero attached hydrogens (tertiary/aromatic N) is 2. The standard InChI is InChI=1S/C9H13F4N3/c1-2-16-7(3-4-15-16)5-14-6-9(12,13)8(10)11/h3-4,8,14H,2,5-6H2,1H3. The SMILES string of the molecule is CCn1nccc1CNCC(F)(F)C(F)F.